The fourth-order valence-corrected chi connectivity index (χ4v) is 5.79. The fraction of sp³-hybridized carbons (Fsp3) is 0.481. The summed E-state index contributed by atoms with van der Waals surface area (Å²) in [6.07, 6.45) is 3.32. The van der Waals surface area contributed by atoms with Gasteiger partial charge in [0.05, 0.1) is 23.4 Å². The Balaban J connectivity index is 1.32. The first kappa shape index (κ1) is 24.2. The maximum atomic E-state index is 13.4. The van der Waals surface area contributed by atoms with Crippen LogP contribution in [0.1, 0.15) is 24.0 Å². The molecule has 5 rings (SSSR count). The number of carbonyl (C=O) groups is 2. The molecule has 3 heterocycles. The number of likely N-dealkylation sites (tertiary alicyclic amines) is 1. The average molecular weight is 492 g/mol. The van der Waals surface area contributed by atoms with E-state index in [1.807, 2.05) is 41.3 Å². The number of benzene rings is 2. The number of carbonyl (C=O) groups excluding carboxylic acids is 2. The van der Waals surface area contributed by atoms with Gasteiger partial charge in [0.1, 0.15) is 0 Å². The highest BCUT2D eigenvalue weighted by Crippen LogP contribution is 2.38. The van der Waals surface area contributed by atoms with E-state index in [-0.39, 0.29) is 34.4 Å². The Morgan fingerprint density at radius 3 is 2.56 bits per heavy atom. The van der Waals surface area contributed by atoms with Crippen LogP contribution >= 0.6 is 0 Å². The van der Waals surface area contributed by atoms with Crippen LogP contribution in [0.2, 0.25) is 0 Å². The van der Waals surface area contributed by atoms with E-state index < -0.39 is 0 Å². The summed E-state index contributed by atoms with van der Waals surface area (Å²) in [7, 11) is 0. The Morgan fingerprint density at radius 1 is 1.03 bits per heavy atom. The molecule has 9 heteroatoms. The summed E-state index contributed by atoms with van der Waals surface area (Å²) in [6, 6.07) is 14.9. The lowest BCUT2D eigenvalue weighted by Crippen LogP contribution is -2.62. The molecular weight excluding hydrogens is 458 g/mol. The number of nitro groups is 1. The summed E-state index contributed by atoms with van der Waals surface area (Å²) in [4.78, 5) is 43.6. The standard InChI is InChI=1S/C27H33N5O4/c33-26(30-12-4-5-13-30)19-29-14-15-31-24-9-8-22(32(35)36)16-21(24)17-23(25(31)18-29)27(34)28-11-10-20-6-2-1-3-7-20/h1-3,6-9,16,23,25H,4-5,10-15,17-19H2,(H,28,34)/t23-,25+/m1/s1. The van der Waals surface area contributed by atoms with Gasteiger partial charge in [-0.15, -0.1) is 0 Å². The molecule has 2 saturated heterocycles. The van der Waals surface area contributed by atoms with Gasteiger partial charge in [-0.1, -0.05) is 30.3 Å². The summed E-state index contributed by atoms with van der Waals surface area (Å²) in [6.45, 7) is 4.59. The molecule has 3 aliphatic rings. The zero-order chi connectivity index (χ0) is 25.1. The number of piperazine rings is 1. The maximum Gasteiger partial charge on any atom is 0.269 e. The van der Waals surface area contributed by atoms with Crippen molar-refractivity contribution in [3.05, 3.63) is 69.8 Å². The summed E-state index contributed by atoms with van der Waals surface area (Å²) < 4.78 is 0. The Kier molecular flexibility index (Phi) is 7.18. The summed E-state index contributed by atoms with van der Waals surface area (Å²) in [5.74, 6) is -0.220. The normalized spacial score (nSPS) is 21.6. The molecule has 0 aliphatic carbocycles. The molecule has 0 aromatic heterocycles. The van der Waals surface area contributed by atoms with Gasteiger partial charge < -0.3 is 15.1 Å². The second-order valence-electron chi connectivity index (χ2n) is 9.99. The summed E-state index contributed by atoms with van der Waals surface area (Å²) in [5.41, 5.74) is 3.01. The van der Waals surface area contributed by atoms with E-state index in [2.05, 4.69) is 15.1 Å². The lowest BCUT2D eigenvalue weighted by Gasteiger charge is -2.49. The number of fused-ring (bicyclic) bond motifs is 3. The smallest absolute Gasteiger partial charge is 0.269 e. The minimum absolute atomic E-state index is 0.0363. The minimum Gasteiger partial charge on any atom is -0.365 e. The highest BCUT2D eigenvalue weighted by atomic mass is 16.6. The van der Waals surface area contributed by atoms with Crippen molar-refractivity contribution in [3.63, 3.8) is 0 Å². The summed E-state index contributed by atoms with van der Waals surface area (Å²) >= 11 is 0. The van der Waals surface area contributed by atoms with Crippen LogP contribution in [0.3, 0.4) is 0 Å². The maximum absolute atomic E-state index is 13.4. The van der Waals surface area contributed by atoms with Crippen LogP contribution in [-0.4, -0.2) is 78.4 Å². The van der Waals surface area contributed by atoms with E-state index in [4.69, 9.17) is 0 Å². The summed E-state index contributed by atoms with van der Waals surface area (Å²) in [5, 5.41) is 14.5. The number of non-ortho nitro benzene ring substituents is 1. The van der Waals surface area contributed by atoms with Crippen LogP contribution < -0.4 is 10.2 Å². The van der Waals surface area contributed by atoms with Crippen molar-refractivity contribution >= 4 is 23.2 Å². The molecule has 0 saturated carbocycles. The zero-order valence-electron chi connectivity index (χ0n) is 20.5. The van der Waals surface area contributed by atoms with Gasteiger partial charge in [0.15, 0.2) is 0 Å². The van der Waals surface area contributed by atoms with E-state index >= 15 is 0 Å². The lowest BCUT2D eigenvalue weighted by molar-refractivity contribution is -0.384. The molecule has 190 valence electrons. The van der Waals surface area contributed by atoms with Gasteiger partial charge in [-0.3, -0.25) is 24.6 Å². The molecule has 0 unspecified atom stereocenters. The second-order valence-corrected chi connectivity index (χ2v) is 9.99. The predicted molar refractivity (Wildman–Crippen MR) is 137 cm³/mol. The van der Waals surface area contributed by atoms with Crippen molar-refractivity contribution in [1.29, 1.82) is 0 Å². The number of nitro benzene ring substituents is 1. The van der Waals surface area contributed by atoms with Crippen molar-refractivity contribution in [2.45, 2.75) is 31.7 Å². The van der Waals surface area contributed by atoms with Crippen LogP contribution in [0, 0.1) is 16.0 Å². The first-order valence-corrected chi connectivity index (χ1v) is 12.9. The third-order valence-electron chi connectivity index (χ3n) is 7.70. The number of nitrogens with zero attached hydrogens (tertiary/aromatic N) is 4. The highest BCUT2D eigenvalue weighted by molar-refractivity contribution is 5.82. The van der Waals surface area contributed by atoms with Crippen LogP contribution in [0.5, 0.6) is 0 Å². The van der Waals surface area contributed by atoms with E-state index in [0.29, 0.717) is 32.6 Å². The number of rotatable bonds is 7. The number of nitrogens with one attached hydrogen (secondary N) is 1. The quantitative estimate of drug-likeness (QED) is 0.471. The number of anilines is 1. The van der Waals surface area contributed by atoms with Gasteiger partial charge in [-0.2, -0.15) is 0 Å². The minimum atomic E-state index is -0.386. The molecule has 2 fully saturated rings. The fourth-order valence-electron chi connectivity index (χ4n) is 5.79. The monoisotopic (exact) mass is 491 g/mol. The Morgan fingerprint density at radius 2 is 1.81 bits per heavy atom. The Hall–Kier alpha value is -3.46. The third-order valence-corrected chi connectivity index (χ3v) is 7.70. The van der Waals surface area contributed by atoms with Crippen molar-refractivity contribution in [2.75, 3.05) is 50.7 Å². The van der Waals surface area contributed by atoms with Crippen LogP contribution in [0.25, 0.3) is 0 Å². The largest absolute Gasteiger partial charge is 0.365 e. The van der Waals surface area contributed by atoms with Crippen molar-refractivity contribution < 1.29 is 14.5 Å². The van der Waals surface area contributed by atoms with Crippen molar-refractivity contribution in [1.82, 2.24) is 15.1 Å². The topological polar surface area (TPSA) is 99.0 Å². The molecule has 2 atom stereocenters. The first-order chi connectivity index (χ1) is 17.5. The van der Waals surface area contributed by atoms with Crippen molar-refractivity contribution in [3.8, 4) is 0 Å². The number of hydrogen-bond donors (Lipinski definition) is 1. The molecule has 2 aromatic rings. The van der Waals surface area contributed by atoms with Crippen LogP contribution in [-0.2, 0) is 22.4 Å². The van der Waals surface area contributed by atoms with Gasteiger partial charge in [0.2, 0.25) is 11.8 Å². The molecule has 2 aromatic carbocycles. The first-order valence-electron chi connectivity index (χ1n) is 12.9. The zero-order valence-corrected chi connectivity index (χ0v) is 20.5. The lowest BCUT2D eigenvalue weighted by atomic mass is 9.83. The van der Waals surface area contributed by atoms with Crippen molar-refractivity contribution in [2.24, 2.45) is 5.92 Å². The van der Waals surface area contributed by atoms with Crippen LogP contribution in [0.15, 0.2) is 48.5 Å². The van der Waals surface area contributed by atoms with E-state index in [1.54, 1.807) is 12.1 Å². The molecule has 36 heavy (non-hydrogen) atoms. The third kappa shape index (κ3) is 5.21. The Labute approximate surface area is 211 Å². The second kappa shape index (κ2) is 10.7. The average Bonchev–Trinajstić information content (AvgIpc) is 3.44. The molecule has 2 amide bonds. The van der Waals surface area contributed by atoms with Gasteiger partial charge in [-0.05, 0) is 42.9 Å². The molecule has 0 spiro atoms. The van der Waals surface area contributed by atoms with E-state index in [1.165, 1.54) is 0 Å². The van der Waals surface area contributed by atoms with E-state index in [9.17, 15) is 19.7 Å². The highest BCUT2D eigenvalue weighted by Gasteiger charge is 2.42. The van der Waals surface area contributed by atoms with Gasteiger partial charge in [0.25, 0.3) is 5.69 Å². The molecule has 3 aliphatic heterocycles. The predicted octanol–water partition coefficient (Wildman–Crippen LogP) is 2.24. The molecule has 1 N–H and O–H groups in total. The molecule has 9 nitrogen and oxygen atoms in total. The number of hydrogen-bond acceptors (Lipinski definition) is 6. The molecule has 0 bridgehead atoms. The van der Waals surface area contributed by atoms with Gasteiger partial charge >= 0.3 is 0 Å². The SMILES string of the molecule is O=C(NCCc1ccccc1)[C@@H]1Cc2cc([N+](=O)[O-])ccc2N2CCN(CC(=O)N3CCCC3)C[C@@H]12. The molecular formula is C27H33N5O4. The molecule has 0 radical (unpaired) electrons. The van der Waals surface area contributed by atoms with Gasteiger partial charge in [0, 0.05) is 57.1 Å². The van der Waals surface area contributed by atoms with Crippen LogP contribution in [0.4, 0.5) is 11.4 Å². The van der Waals surface area contributed by atoms with Gasteiger partial charge in [-0.25, -0.2) is 0 Å². The number of amides is 2. The Bertz CT molecular complexity index is 1120. The van der Waals surface area contributed by atoms with E-state index in [0.717, 1.165) is 55.7 Å².